The first-order chi connectivity index (χ1) is 5.83. The first kappa shape index (κ1) is 13.8. The molecular weight excluding hydrogens is 152 g/mol. The van der Waals surface area contributed by atoms with Crippen LogP contribution in [0.5, 0.6) is 0 Å². The topological polar surface area (TPSA) is 33.6 Å². The van der Waals surface area contributed by atoms with Crippen LogP contribution in [0.4, 0.5) is 0 Å². The lowest BCUT2D eigenvalue weighted by Gasteiger charge is -1.93. The van der Waals surface area contributed by atoms with Gasteiger partial charge in [-0.3, -0.25) is 0 Å². The van der Waals surface area contributed by atoms with Crippen molar-refractivity contribution in [2.75, 3.05) is 13.7 Å². The number of rotatable bonds is 0. The molecule has 1 aliphatic heterocycles. The summed E-state index contributed by atoms with van der Waals surface area (Å²) in [5.74, 6) is 0. The van der Waals surface area contributed by atoms with Crippen molar-refractivity contribution in [3.63, 3.8) is 0 Å². The summed E-state index contributed by atoms with van der Waals surface area (Å²) >= 11 is 0. The highest BCUT2D eigenvalue weighted by atomic mass is 16.5. The molecule has 0 aromatic rings. The lowest BCUT2D eigenvalue weighted by Crippen LogP contribution is -2.23. The van der Waals surface area contributed by atoms with Gasteiger partial charge in [-0.1, -0.05) is 27.7 Å². The second kappa shape index (κ2) is 10.3. The summed E-state index contributed by atoms with van der Waals surface area (Å²) in [6.07, 6.45) is 0. The molecule has 3 heteroatoms. The van der Waals surface area contributed by atoms with Gasteiger partial charge in [-0.25, -0.2) is 4.99 Å². The SMILES string of the molecule is CC.CC.CN=C1NC(C)CO1. The minimum atomic E-state index is 0.425. The van der Waals surface area contributed by atoms with E-state index in [9.17, 15) is 0 Å². The normalized spacial score (nSPS) is 22.5. The molecule has 1 unspecified atom stereocenters. The summed E-state index contributed by atoms with van der Waals surface area (Å²) < 4.78 is 5.05. The van der Waals surface area contributed by atoms with Crippen molar-refractivity contribution in [3.8, 4) is 0 Å². The van der Waals surface area contributed by atoms with E-state index in [1.807, 2.05) is 27.7 Å². The van der Waals surface area contributed by atoms with Gasteiger partial charge in [0, 0.05) is 7.05 Å². The fraction of sp³-hybridized carbons (Fsp3) is 0.889. The first-order valence-corrected chi connectivity index (χ1v) is 4.69. The molecule has 0 aromatic heterocycles. The lowest BCUT2D eigenvalue weighted by atomic mass is 10.4. The Morgan fingerprint density at radius 1 is 1.33 bits per heavy atom. The van der Waals surface area contributed by atoms with Crippen LogP contribution < -0.4 is 5.32 Å². The third-order valence-corrected chi connectivity index (χ3v) is 1.04. The molecule has 0 amide bonds. The van der Waals surface area contributed by atoms with Gasteiger partial charge in [0.25, 0.3) is 6.02 Å². The zero-order chi connectivity index (χ0) is 9.98. The smallest absolute Gasteiger partial charge is 0.284 e. The van der Waals surface area contributed by atoms with Gasteiger partial charge in [-0.2, -0.15) is 0 Å². The van der Waals surface area contributed by atoms with E-state index in [0.717, 1.165) is 6.61 Å². The maximum atomic E-state index is 5.05. The molecule has 0 bridgehead atoms. The van der Waals surface area contributed by atoms with Crippen LogP contribution in [-0.4, -0.2) is 25.7 Å². The van der Waals surface area contributed by atoms with E-state index in [1.54, 1.807) is 7.05 Å². The molecule has 1 aliphatic rings. The van der Waals surface area contributed by atoms with Crippen molar-refractivity contribution in [1.29, 1.82) is 0 Å². The third-order valence-electron chi connectivity index (χ3n) is 1.04. The van der Waals surface area contributed by atoms with Crippen LogP contribution >= 0.6 is 0 Å². The van der Waals surface area contributed by atoms with Crippen molar-refractivity contribution >= 4 is 6.02 Å². The molecule has 1 atom stereocenters. The van der Waals surface area contributed by atoms with Crippen LogP contribution in [-0.2, 0) is 4.74 Å². The average Bonchev–Trinajstić information content (AvgIpc) is 2.58. The van der Waals surface area contributed by atoms with Gasteiger partial charge in [0.15, 0.2) is 0 Å². The minimum Gasteiger partial charge on any atom is -0.463 e. The second-order valence-corrected chi connectivity index (χ2v) is 1.89. The summed E-state index contributed by atoms with van der Waals surface area (Å²) in [6.45, 7) is 10.8. The van der Waals surface area contributed by atoms with Crippen LogP contribution in [0.15, 0.2) is 4.99 Å². The summed E-state index contributed by atoms with van der Waals surface area (Å²) in [5, 5.41) is 3.03. The van der Waals surface area contributed by atoms with E-state index in [-0.39, 0.29) is 0 Å². The fourth-order valence-electron chi connectivity index (χ4n) is 0.627. The fourth-order valence-corrected chi connectivity index (χ4v) is 0.627. The predicted octanol–water partition coefficient (Wildman–Crippen LogP) is 2.03. The minimum absolute atomic E-state index is 0.425. The molecule has 74 valence electrons. The van der Waals surface area contributed by atoms with E-state index in [1.165, 1.54) is 0 Å². The third kappa shape index (κ3) is 6.01. The molecule has 0 aromatic carbocycles. The zero-order valence-electron chi connectivity index (χ0n) is 9.14. The Hall–Kier alpha value is -0.730. The monoisotopic (exact) mass is 174 g/mol. The van der Waals surface area contributed by atoms with Gasteiger partial charge in [0.2, 0.25) is 0 Å². The van der Waals surface area contributed by atoms with E-state index < -0.39 is 0 Å². The van der Waals surface area contributed by atoms with Crippen LogP contribution in [0.2, 0.25) is 0 Å². The molecule has 0 spiro atoms. The maximum absolute atomic E-state index is 5.05. The molecule has 12 heavy (non-hydrogen) atoms. The average molecular weight is 174 g/mol. The maximum Gasteiger partial charge on any atom is 0.284 e. The molecule has 0 saturated carbocycles. The van der Waals surface area contributed by atoms with Gasteiger partial charge < -0.3 is 10.1 Å². The Morgan fingerprint density at radius 3 is 2.00 bits per heavy atom. The second-order valence-electron chi connectivity index (χ2n) is 1.89. The van der Waals surface area contributed by atoms with E-state index in [4.69, 9.17) is 4.74 Å². The number of nitrogens with zero attached hydrogens (tertiary/aromatic N) is 1. The van der Waals surface area contributed by atoms with Gasteiger partial charge in [0.1, 0.15) is 6.61 Å². The number of aliphatic imine (C=N–C) groups is 1. The molecule has 1 rings (SSSR count). The molecule has 0 aliphatic carbocycles. The Bertz CT molecular complexity index is 113. The molecular formula is C9H22N2O. The summed E-state index contributed by atoms with van der Waals surface area (Å²) in [7, 11) is 1.71. The Morgan fingerprint density at radius 2 is 1.83 bits per heavy atom. The molecule has 1 saturated heterocycles. The summed E-state index contributed by atoms with van der Waals surface area (Å²) in [5.41, 5.74) is 0. The van der Waals surface area contributed by atoms with Crippen molar-refractivity contribution in [3.05, 3.63) is 0 Å². The van der Waals surface area contributed by atoms with Gasteiger partial charge in [0.05, 0.1) is 6.04 Å². The first-order valence-electron chi connectivity index (χ1n) is 4.69. The molecule has 1 heterocycles. The molecule has 0 radical (unpaired) electrons. The highest BCUT2D eigenvalue weighted by Crippen LogP contribution is 1.94. The van der Waals surface area contributed by atoms with E-state index in [2.05, 4.69) is 17.2 Å². The lowest BCUT2D eigenvalue weighted by molar-refractivity contribution is 0.331. The van der Waals surface area contributed by atoms with Crippen molar-refractivity contribution < 1.29 is 4.74 Å². The highest BCUT2D eigenvalue weighted by Gasteiger charge is 2.13. The zero-order valence-corrected chi connectivity index (χ0v) is 9.14. The van der Waals surface area contributed by atoms with Crippen LogP contribution in [0.25, 0.3) is 0 Å². The van der Waals surface area contributed by atoms with Crippen LogP contribution in [0.3, 0.4) is 0 Å². The van der Waals surface area contributed by atoms with E-state index in [0.29, 0.717) is 12.1 Å². The molecule has 1 N–H and O–H groups in total. The number of ether oxygens (including phenoxy) is 1. The van der Waals surface area contributed by atoms with Crippen LogP contribution in [0, 0.1) is 0 Å². The standard InChI is InChI=1S/C5H10N2O.2C2H6/c1-4-3-8-5(6-2)7-4;2*1-2/h4H,3H2,1-2H3,(H,6,7);2*1-2H3. The van der Waals surface area contributed by atoms with Gasteiger partial charge >= 0.3 is 0 Å². The van der Waals surface area contributed by atoms with Crippen molar-refractivity contribution in [2.24, 2.45) is 4.99 Å². The van der Waals surface area contributed by atoms with Crippen molar-refractivity contribution in [2.45, 2.75) is 40.7 Å². The molecule has 3 nitrogen and oxygen atoms in total. The van der Waals surface area contributed by atoms with Gasteiger partial charge in [-0.05, 0) is 6.92 Å². The van der Waals surface area contributed by atoms with E-state index >= 15 is 0 Å². The number of hydrogen-bond acceptors (Lipinski definition) is 2. The Labute approximate surface area is 76.2 Å². The van der Waals surface area contributed by atoms with Crippen LogP contribution in [0.1, 0.15) is 34.6 Å². The summed E-state index contributed by atoms with van der Waals surface area (Å²) in [4.78, 5) is 3.82. The van der Waals surface area contributed by atoms with Gasteiger partial charge in [-0.15, -0.1) is 0 Å². The van der Waals surface area contributed by atoms with Crippen molar-refractivity contribution in [1.82, 2.24) is 5.32 Å². The number of hydrogen-bond donors (Lipinski definition) is 1. The Kier molecular flexibility index (Phi) is 11.8. The summed E-state index contributed by atoms with van der Waals surface area (Å²) in [6, 6.07) is 1.09. The Balaban J connectivity index is 0. The number of nitrogens with one attached hydrogen (secondary N) is 1. The predicted molar refractivity (Wildman–Crippen MR) is 54.6 cm³/mol. The largest absolute Gasteiger partial charge is 0.463 e. The highest BCUT2D eigenvalue weighted by molar-refractivity contribution is 5.75. The molecule has 1 fully saturated rings. The quantitative estimate of drug-likeness (QED) is 0.609. The number of amidine groups is 1.